The van der Waals surface area contributed by atoms with E-state index in [1.165, 1.54) is 6.42 Å². The van der Waals surface area contributed by atoms with Crippen LogP contribution in [0.2, 0.25) is 0 Å². The normalized spacial score (nSPS) is 24.3. The number of nitrogens with zero attached hydrogens (tertiary/aromatic N) is 1. The van der Waals surface area contributed by atoms with Gasteiger partial charge in [0.2, 0.25) is 11.8 Å². The molecule has 1 unspecified atom stereocenters. The summed E-state index contributed by atoms with van der Waals surface area (Å²) in [5.41, 5.74) is 0. The fourth-order valence-corrected chi connectivity index (χ4v) is 2.80. The molecular formula is C15H26N2O3. The van der Waals surface area contributed by atoms with Crippen LogP contribution in [0.5, 0.6) is 0 Å². The van der Waals surface area contributed by atoms with E-state index in [0.717, 1.165) is 45.3 Å². The Balaban J connectivity index is 1.62. The van der Waals surface area contributed by atoms with Gasteiger partial charge in [0.15, 0.2) is 0 Å². The van der Waals surface area contributed by atoms with E-state index >= 15 is 0 Å². The summed E-state index contributed by atoms with van der Waals surface area (Å²) in [6, 6.07) is 0. The fourth-order valence-electron chi connectivity index (χ4n) is 2.80. The van der Waals surface area contributed by atoms with Crippen LogP contribution in [0.3, 0.4) is 0 Å². The van der Waals surface area contributed by atoms with Crippen molar-refractivity contribution in [2.24, 2.45) is 0 Å². The van der Waals surface area contributed by atoms with Crippen LogP contribution in [-0.2, 0) is 14.3 Å². The Kier molecular flexibility index (Phi) is 6.30. The van der Waals surface area contributed by atoms with Crippen molar-refractivity contribution in [3.8, 4) is 0 Å². The highest BCUT2D eigenvalue weighted by Gasteiger charge is 2.18. The molecule has 0 spiro atoms. The number of likely N-dealkylation sites (tertiary alicyclic amines) is 1. The molecule has 5 heteroatoms. The Morgan fingerprint density at radius 1 is 1.25 bits per heavy atom. The topological polar surface area (TPSA) is 58.6 Å². The van der Waals surface area contributed by atoms with Crippen molar-refractivity contribution in [1.29, 1.82) is 0 Å². The summed E-state index contributed by atoms with van der Waals surface area (Å²) in [5.74, 6) is 0.224. The van der Waals surface area contributed by atoms with E-state index in [4.69, 9.17) is 4.74 Å². The molecule has 0 aromatic heterocycles. The van der Waals surface area contributed by atoms with E-state index in [9.17, 15) is 9.59 Å². The Hall–Kier alpha value is -1.10. The van der Waals surface area contributed by atoms with Gasteiger partial charge in [0.25, 0.3) is 0 Å². The van der Waals surface area contributed by atoms with Gasteiger partial charge >= 0.3 is 0 Å². The molecule has 2 heterocycles. The van der Waals surface area contributed by atoms with Gasteiger partial charge in [0.05, 0.1) is 6.10 Å². The largest absolute Gasteiger partial charge is 0.376 e. The lowest BCUT2D eigenvalue weighted by Crippen LogP contribution is -2.38. The third kappa shape index (κ3) is 5.12. The van der Waals surface area contributed by atoms with Gasteiger partial charge in [-0.2, -0.15) is 0 Å². The average molecular weight is 282 g/mol. The second-order valence-electron chi connectivity index (χ2n) is 5.73. The van der Waals surface area contributed by atoms with E-state index in [2.05, 4.69) is 5.32 Å². The van der Waals surface area contributed by atoms with E-state index in [0.29, 0.717) is 25.9 Å². The molecule has 0 aromatic carbocycles. The van der Waals surface area contributed by atoms with E-state index < -0.39 is 0 Å². The van der Waals surface area contributed by atoms with Crippen molar-refractivity contribution in [1.82, 2.24) is 10.2 Å². The molecule has 1 N–H and O–H groups in total. The highest BCUT2D eigenvalue weighted by molar-refractivity contribution is 5.79. The van der Waals surface area contributed by atoms with Crippen LogP contribution in [0.1, 0.15) is 51.4 Å². The molecule has 2 aliphatic heterocycles. The summed E-state index contributed by atoms with van der Waals surface area (Å²) in [4.78, 5) is 25.5. The van der Waals surface area contributed by atoms with Gasteiger partial charge in [-0.05, 0) is 32.1 Å². The molecule has 2 amide bonds. The maximum absolute atomic E-state index is 11.8. The molecule has 0 saturated carbocycles. The van der Waals surface area contributed by atoms with Gasteiger partial charge in [-0.1, -0.05) is 6.42 Å². The molecule has 2 rings (SSSR count). The lowest BCUT2D eigenvalue weighted by molar-refractivity contribution is -0.131. The molecule has 0 aliphatic carbocycles. The summed E-state index contributed by atoms with van der Waals surface area (Å²) in [6.45, 7) is 2.77. The van der Waals surface area contributed by atoms with Gasteiger partial charge in [0, 0.05) is 39.1 Å². The van der Waals surface area contributed by atoms with E-state index in [-0.39, 0.29) is 17.9 Å². The first-order valence-corrected chi connectivity index (χ1v) is 7.92. The lowest BCUT2D eigenvalue weighted by atomic mass is 10.1. The van der Waals surface area contributed by atoms with Crippen LogP contribution < -0.4 is 5.32 Å². The van der Waals surface area contributed by atoms with Crippen LogP contribution in [0.25, 0.3) is 0 Å². The number of rotatable bonds is 5. The van der Waals surface area contributed by atoms with Crippen LogP contribution in [-0.4, -0.2) is 49.1 Å². The van der Waals surface area contributed by atoms with E-state index in [1.807, 2.05) is 4.90 Å². The second kappa shape index (κ2) is 8.25. The summed E-state index contributed by atoms with van der Waals surface area (Å²) in [6.07, 6.45) is 7.72. The molecule has 0 aromatic rings. The maximum Gasteiger partial charge on any atom is 0.222 e. The number of hydrogen-bond acceptors (Lipinski definition) is 3. The highest BCUT2D eigenvalue weighted by Crippen LogP contribution is 2.12. The molecule has 1 atom stereocenters. The molecule has 2 saturated heterocycles. The number of hydrogen-bond donors (Lipinski definition) is 1. The summed E-state index contributed by atoms with van der Waals surface area (Å²) in [5, 5.41) is 2.92. The Morgan fingerprint density at radius 3 is 2.95 bits per heavy atom. The SMILES string of the molecule is O=C(CCN1CCCCCC1=O)NCC1CCCCO1. The third-order valence-electron chi connectivity index (χ3n) is 4.08. The van der Waals surface area contributed by atoms with Crippen LogP contribution >= 0.6 is 0 Å². The monoisotopic (exact) mass is 282 g/mol. The van der Waals surface area contributed by atoms with Gasteiger partial charge in [-0.15, -0.1) is 0 Å². The summed E-state index contributed by atoms with van der Waals surface area (Å²) < 4.78 is 5.58. The predicted octanol–water partition coefficient (Wildman–Crippen LogP) is 1.46. The first kappa shape index (κ1) is 15.3. The van der Waals surface area contributed by atoms with Crippen molar-refractivity contribution in [2.45, 2.75) is 57.5 Å². The number of nitrogens with one attached hydrogen (secondary N) is 1. The lowest BCUT2D eigenvalue weighted by Gasteiger charge is -2.23. The quantitative estimate of drug-likeness (QED) is 0.830. The minimum atomic E-state index is 0.0243. The van der Waals surface area contributed by atoms with Crippen molar-refractivity contribution < 1.29 is 14.3 Å². The molecule has 0 bridgehead atoms. The standard InChI is InChI=1S/C15H26N2O3/c18-14(16-12-13-6-3-5-11-20-13)8-10-17-9-4-1-2-7-15(17)19/h13H,1-12H2,(H,16,18). The zero-order valence-corrected chi connectivity index (χ0v) is 12.2. The highest BCUT2D eigenvalue weighted by atomic mass is 16.5. The molecular weight excluding hydrogens is 256 g/mol. The zero-order chi connectivity index (χ0) is 14.2. The van der Waals surface area contributed by atoms with Crippen molar-refractivity contribution in [2.75, 3.05) is 26.2 Å². The Morgan fingerprint density at radius 2 is 2.15 bits per heavy atom. The minimum Gasteiger partial charge on any atom is -0.376 e. The summed E-state index contributed by atoms with van der Waals surface area (Å²) in [7, 11) is 0. The number of ether oxygens (including phenoxy) is 1. The number of carbonyl (C=O) groups excluding carboxylic acids is 2. The fraction of sp³-hybridized carbons (Fsp3) is 0.867. The first-order chi connectivity index (χ1) is 9.75. The molecule has 114 valence electrons. The Bertz CT molecular complexity index is 327. The van der Waals surface area contributed by atoms with Crippen molar-refractivity contribution in [3.05, 3.63) is 0 Å². The third-order valence-corrected chi connectivity index (χ3v) is 4.08. The number of amides is 2. The molecule has 0 radical (unpaired) electrons. The molecule has 5 nitrogen and oxygen atoms in total. The smallest absolute Gasteiger partial charge is 0.222 e. The van der Waals surface area contributed by atoms with Crippen molar-refractivity contribution in [3.63, 3.8) is 0 Å². The van der Waals surface area contributed by atoms with Crippen molar-refractivity contribution >= 4 is 11.8 Å². The zero-order valence-electron chi connectivity index (χ0n) is 12.2. The second-order valence-corrected chi connectivity index (χ2v) is 5.73. The van der Waals surface area contributed by atoms with Crippen LogP contribution in [0, 0.1) is 0 Å². The maximum atomic E-state index is 11.8. The summed E-state index contributed by atoms with van der Waals surface area (Å²) >= 11 is 0. The van der Waals surface area contributed by atoms with Gasteiger partial charge in [-0.3, -0.25) is 9.59 Å². The number of carbonyl (C=O) groups is 2. The predicted molar refractivity (Wildman–Crippen MR) is 76.3 cm³/mol. The molecule has 20 heavy (non-hydrogen) atoms. The average Bonchev–Trinajstić information content (AvgIpc) is 2.68. The first-order valence-electron chi connectivity index (χ1n) is 7.92. The van der Waals surface area contributed by atoms with E-state index in [1.54, 1.807) is 0 Å². The van der Waals surface area contributed by atoms with Gasteiger partial charge in [-0.25, -0.2) is 0 Å². The van der Waals surface area contributed by atoms with Crippen LogP contribution in [0.15, 0.2) is 0 Å². The minimum absolute atomic E-state index is 0.0243. The molecule has 2 fully saturated rings. The van der Waals surface area contributed by atoms with Gasteiger partial charge < -0.3 is 15.0 Å². The van der Waals surface area contributed by atoms with Gasteiger partial charge in [0.1, 0.15) is 0 Å². The molecule has 2 aliphatic rings. The Labute approximate surface area is 121 Å². The van der Waals surface area contributed by atoms with Crippen LogP contribution in [0.4, 0.5) is 0 Å².